The molecule has 2 atom stereocenters. The van der Waals surface area contributed by atoms with Crippen LogP contribution in [0.4, 0.5) is 79.0 Å². The maximum atomic E-state index is 12.2. The van der Waals surface area contributed by atoms with E-state index >= 15 is 0 Å². The molecule has 2 aliphatic carbocycles. The van der Waals surface area contributed by atoms with Crippen LogP contribution < -0.4 is 4.74 Å². The SMILES string of the molecule is CCCCOc1ccc([S+]2CCCC2)c2ccccc12.C[S+](C)c1ccc2ccccc2c1.C[S+](C1CCCCC1)C1CCCCC1=O.O=S(=O)([O-])C(F)(F)C(F)(F)C(F)(F)C(F)(F)F.O=S(=O)([O-])C(F)(F)C(F)(F)C(F)(F)C(F)(F)F. The topological polar surface area (TPSA) is 141 Å². The molecule has 0 radical (unpaired) electrons. The predicted octanol–water partition coefficient (Wildman–Crippen LogP) is 14.9. The highest BCUT2D eigenvalue weighted by molar-refractivity contribution is 7.98. The van der Waals surface area contributed by atoms with Crippen molar-refractivity contribution in [3.8, 4) is 5.75 Å². The quantitative estimate of drug-likeness (QED) is 0.0526. The van der Waals surface area contributed by atoms with Gasteiger partial charge in [0.25, 0.3) is 0 Å². The van der Waals surface area contributed by atoms with Gasteiger partial charge in [0.05, 0.1) is 12.9 Å². The van der Waals surface area contributed by atoms with Crippen LogP contribution in [0.3, 0.4) is 0 Å². The van der Waals surface area contributed by atoms with Crippen molar-refractivity contribution in [3.05, 3.63) is 78.9 Å². The number of Topliss-reactive ketones (excluding diaryl/α,β-unsaturated/α-hetero) is 1. The summed E-state index contributed by atoms with van der Waals surface area (Å²) < 4.78 is 277. The molecule has 466 valence electrons. The minimum Gasteiger partial charge on any atom is -0.743 e. The zero-order valence-electron chi connectivity index (χ0n) is 44.1. The van der Waals surface area contributed by atoms with Gasteiger partial charge in [-0.25, -0.2) is 16.8 Å². The molecule has 1 heterocycles. The molecule has 4 aromatic carbocycles. The zero-order chi connectivity index (χ0) is 62.7. The number of fused-ring (bicyclic) bond motifs is 2. The van der Waals surface area contributed by atoms with Crippen molar-refractivity contribution in [3.63, 3.8) is 0 Å². The lowest BCUT2D eigenvalue weighted by Crippen LogP contribution is -2.63. The molecular weight excluding hydrogens is 1240 g/mol. The Kier molecular flexibility index (Phi) is 25.5. The summed E-state index contributed by atoms with van der Waals surface area (Å²) in [4.78, 5) is 14.9. The number of hydrogen-bond acceptors (Lipinski definition) is 8. The number of carbonyl (C=O) groups is 1. The van der Waals surface area contributed by atoms with Gasteiger partial charge in [-0.3, -0.25) is 4.79 Å². The van der Waals surface area contributed by atoms with Crippen LogP contribution in [0.2, 0.25) is 0 Å². The molecule has 1 saturated heterocycles. The number of unbranched alkanes of at least 4 members (excludes halogenated alkanes) is 1. The van der Waals surface area contributed by atoms with E-state index in [9.17, 15) is 110 Å². The Morgan fingerprint density at radius 1 is 0.561 bits per heavy atom. The summed E-state index contributed by atoms with van der Waals surface area (Å²) >= 11 is 0. The molecule has 1 aliphatic heterocycles. The summed E-state index contributed by atoms with van der Waals surface area (Å²) in [6.07, 6.45) is 9.16. The molecule has 0 N–H and O–H groups in total. The second kappa shape index (κ2) is 28.8. The van der Waals surface area contributed by atoms with E-state index in [2.05, 4.69) is 105 Å². The number of alkyl halides is 18. The van der Waals surface area contributed by atoms with Crippen molar-refractivity contribution in [2.75, 3.05) is 36.9 Å². The van der Waals surface area contributed by atoms with E-state index in [1.165, 1.54) is 102 Å². The number of halogens is 18. The van der Waals surface area contributed by atoms with Crippen LogP contribution in [-0.2, 0) is 57.7 Å². The van der Waals surface area contributed by atoms with Crippen molar-refractivity contribution in [1.29, 1.82) is 0 Å². The molecule has 2 saturated carbocycles. The fraction of sp³-hybridized carbons (Fsp3) is 0.588. The highest BCUT2D eigenvalue weighted by atomic mass is 32.2. The molecule has 0 amide bonds. The van der Waals surface area contributed by atoms with Crippen LogP contribution in [0.5, 0.6) is 5.75 Å². The Hall–Kier alpha value is -3.52. The average Bonchev–Trinajstić information content (AvgIpc) is 3.94. The highest BCUT2D eigenvalue weighted by Gasteiger charge is 2.85. The normalized spacial score (nSPS) is 18.1. The van der Waals surface area contributed by atoms with Crippen LogP contribution in [0.1, 0.15) is 90.4 Å². The van der Waals surface area contributed by atoms with E-state index in [4.69, 9.17) is 4.74 Å². The Morgan fingerprint density at radius 3 is 1.48 bits per heavy atom. The third-order valence-electron chi connectivity index (χ3n) is 13.0. The zero-order valence-corrected chi connectivity index (χ0v) is 48.2. The van der Waals surface area contributed by atoms with Gasteiger partial charge in [0, 0.05) is 51.5 Å². The molecule has 82 heavy (non-hydrogen) atoms. The van der Waals surface area contributed by atoms with Crippen molar-refractivity contribution in [2.45, 2.75) is 157 Å². The maximum absolute atomic E-state index is 12.2. The average molecular weight is 1300 g/mol. The standard InChI is InChI=1S/C18H23OS.C13H23OS.C12H13S.2C4HF9O3S/c1-2-3-12-19-17-10-11-18(20-13-6-7-14-20)16-9-5-4-8-15(16)17;1-15(11-7-3-2-4-8-11)13-10-6-5-9-12(13)14;1-13(2)12-8-7-10-5-3-4-6-11(10)9-12;2*5-1(6,3(9,10)11)2(7,8)4(12,13)17(14,15)16/h4-5,8-11H,2-3,6-7,12-14H2,1H3;11,13H,2-10H2,1H3;3-9H,1-2H3;2*(H,14,15,16)/q3*+1;;/p-2. The van der Waals surface area contributed by atoms with Gasteiger partial charge >= 0.3 is 46.6 Å². The second-order valence-corrected chi connectivity index (χ2v) is 28.7. The third kappa shape index (κ3) is 17.1. The Balaban J connectivity index is 0.000000271. The molecule has 2 unspecified atom stereocenters. The van der Waals surface area contributed by atoms with Crippen molar-refractivity contribution >= 4 is 80.2 Å². The fourth-order valence-corrected chi connectivity index (χ4v) is 15.0. The number of ketones is 1. The first-order valence-corrected chi connectivity index (χ1v) is 33.0. The molecule has 8 nitrogen and oxygen atoms in total. The van der Waals surface area contributed by atoms with Gasteiger partial charge in [0.15, 0.2) is 41.1 Å². The molecule has 3 aliphatic rings. The number of hydrogen-bond donors (Lipinski definition) is 0. The van der Waals surface area contributed by atoms with E-state index in [-0.39, 0.29) is 0 Å². The molecular formula is C51H59F18O8S5+. The Labute approximate surface area is 471 Å². The first-order chi connectivity index (χ1) is 37.5. The van der Waals surface area contributed by atoms with Crippen molar-refractivity contribution in [2.24, 2.45) is 0 Å². The smallest absolute Gasteiger partial charge is 0.460 e. The summed E-state index contributed by atoms with van der Waals surface area (Å²) in [5, 5.41) is -7.52. The monoisotopic (exact) mass is 1300 g/mol. The van der Waals surface area contributed by atoms with Gasteiger partial charge in [-0.1, -0.05) is 62.2 Å². The molecule has 0 bridgehead atoms. The molecule has 0 spiro atoms. The summed E-state index contributed by atoms with van der Waals surface area (Å²) in [6.45, 7) is 3.03. The predicted molar refractivity (Wildman–Crippen MR) is 279 cm³/mol. The molecule has 7 rings (SSSR count). The lowest BCUT2D eigenvalue weighted by molar-refractivity contribution is -0.382. The molecule has 3 fully saturated rings. The Morgan fingerprint density at radius 2 is 1.02 bits per heavy atom. The van der Waals surface area contributed by atoms with Crippen LogP contribution >= 0.6 is 0 Å². The van der Waals surface area contributed by atoms with E-state index < -0.39 is 66.8 Å². The minimum atomic E-state index is -7.43. The Bertz CT molecular complexity index is 2850. The number of benzene rings is 4. The summed E-state index contributed by atoms with van der Waals surface area (Å²) in [5.41, 5.74) is 0. The molecule has 0 aromatic heterocycles. The van der Waals surface area contributed by atoms with Gasteiger partial charge in [-0.15, -0.1) is 0 Å². The van der Waals surface area contributed by atoms with Gasteiger partial charge in [0.1, 0.15) is 35.0 Å². The molecule has 4 aromatic rings. The van der Waals surface area contributed by atoms with E-state index in [0.717, 1.165) is 36.9 Å². The first-order valence-electron chi connectivity index (χ1n) is 24.8. The lowest BCUT2D eigenvalue weighted by Gasteiger charge is -2.34. The van der Waals surface area contributed by atoms with Gasteiger partial charge in [0.2, 0.25) is 0 Å². The van der Waals surface area contributed by atoms with Gasteiger partial charge in [-0.2, -0.15) is 79.0 Å². The van der Waals surface area contributed by atoms with Crippen molar-refractivity contribution in [1.82, 2.24) is 0 Å². The number of rotatable bonds is 14. The summed E-state index contributed by atoms with van der Waals surface area (Å²) in [6, 6.07) is 28.5. The van der Waals surface area contributed by atoms with Gasteiger partial charge < -0.3 is 13.8 Å². The lowest BCUT2D eigenvalue weighted by atomic mass is 9.99. The minimum absolute atomic E-state index is 0.365. The fourth-order valence-electron chi connectivity index (χ4n) is 8.29. The van der Waals surface area contributed by atoms with E-state index in [1.54, 1.807) is 4.90 Å². The maximum Gasteiger partial charge on any atom is 0.460 e. The number of ether oxygens (including phenoxy) is 1. The number of carbonyl (C=O) groups excluding carboxylic acids is 1. The van der Waals surface area contributed by atoms with E-state index in [1.807, 2.05) is 0 Å². The van der Waals surface area contributed by atoms with Crippen LogP contribution in [0, 0.1) is 0 Å². The van der Waals surface area contributed by atoms with Crippen LogP contribution in [-0.4, -0.2) is 126 Å². The second-order valence-electron chi connectivity index (χ2n) is 19.0. The highest BCUT2D eigenvalue weighted by Crippen LogP contribution is 2.56. The van der Waals surface area contributed by atoms with Crippen LogP contribution in [0.25, 0.3) is 21.5 Å². The van der Waals surface area contributed by atoms with Gasteiger partial charge in [-0.05, 0) is 110 Å². The molecule has 31 heteroatoms. The van der Waals surface area contributed by atoms with Crippen molar-refractivity contribution < 1.29 is 114 Å². The summed E-state index contributed by atoms with van der Waals surface area (Å²) in [5.74, 6) is -25.3. The summed E-state index contributed by atoms with van der Waals surface area (Å²) in [7, 11) is -13.6. The largest absolute Gasteiger partial charge is 0.743 e. The van der Waals surface area contributed by atoms with E-state index in [0.29, 0.717) is 43.7 Å². The van der Waals surface area contributed by atoms with Crippen LogP contribution in [0.15, 0.2) is 88.7 Å². The first kappa shape index (κ1) is 72.7. The third-order valence-corrected chi connectivity index (χ3v) is 21.4.